The lowest BCUT2D eigenvalue weighted by Gasteiger charge is -2.33. The van der Waals surface area contributed by atoms with Gasteiger partial charge in [0.25, 0.3) is 5.91 Å². The molecule has 1 fully saturated rings. The number of alkyl halides is 3. The predicted molar refractivity (Wildman–Crippen MR) is 135 cm³/mol. The van der Waals surface area contributed by atoms with Crippen LogP contribution in [0.3, 0.4) is 0 Å². The number of benzene rings is 1. The molecule has 0 unspecified atom stereocenters. The van der Waals surface area contributed by atoms with Crippen LogP contribution in [0.5, 0.6) is 5.88 Å². The van der Waals surface area contributed by atoms with Gasteiger partial charge in [0.05, 0.1) is 24.4 Å². The monoisotopic (exact) mass is 525 g/mol. The van der Waals surface area contributed by atoms with Gasteiger partial charge in [-0.05, 0) is 30.8 Å². The molecule has 38 heavy (non-hydrogen) atoms. The first kappa shape index (κ1) is 26.8. The first-order chi connectivity index (χ1) is 18.1. The number of methoxy groups -OCH3 is 1. The molecule has 1 amide bonds. The number of piperazine rings is 1. The number of nitrogen functional groups attached to an aromatic ring is 1. The summed E-state index contributed by atoms with van der Waals surface area (Å²) >= 11 is 0. The van der Waals surface area contributed by atoms with Crippen molar-refractivity contribution in [1.82, 2.24) is 24.8 Å². The van der Waals surface area contributed by atoms with Crippen molar-refractivity contribution in [2.75, 3.05) is 51.4 Å². The van der Waals surface area contributed by atoms with Gasteiger partial charge in [-0.15, -0.1) is 0 Å². The van der Waals surface area contributed by atoms with E-state index in [4.69, 9.17) is 10.5 Å². The summed E-state index contributed by atoms with van der Waals surface area (Å²) in [6.45, 7) is 3.17. The third-order valence-electron chi connectivity index (χ3n) is 5.97. The minimum absolute atomic E-state index is 0.0321. The molecule has 3 aromatic rings. The fraction of sp³-hybridized carbons (Fsp3) is 0.308. The highest BCUT2D eigenvalue weighted by Gasteiger charge is 2.34. The molecule has 0 bridgehead atoms. The van der Waals surface area contributed by atoms with E-state index in [9.17, 15) is 18.0 Å². The van der Waals surface area contributed by atoms with Crippen molar-refractivity contribution in [2.45, 2.75) is 12.7 Å². The first-order valence-corrected chi connectivity index (χ1v) is 11.7. The smallest absolute Gasteiger partial charge is 0.416 e. The molecule has 0 aliphatic carbocycles. The second kappa shape index (κ2) is 11.5. The van der Waals surface area contributed by atoms with Gasteiger partial charge in [-0.1, -0.05) is 17.9 Å². The highest BCUT2D eigenvalue weighted by molar-refractivity contribution is 6.04. The van der Waals surface area contributed by atoms with Gasteiger partial charge in [0.15, 0.2) is 0 Å². The standard InChI is InChI=1S/C26H26F3N7O2/c1-35-7-9-36(10-8-35)16-19-5-6-21(12-22(19)26(27,28)29)33-23(37)20-11-17(13-31-14-20)3-4-18-15-32-25(30)34-24(18)38-2/h5-6,11-15H,7-10,16H2,1-2H3,(H,33,37)(H2,30,32,34). The topological polar surface area (TPSA) is 110 Å². The normalized spacial score (nSPS) is 14.4. The Morgan fingerprint density at radius 1 is 1.13 bits per heavy atom. The van der Waals surface area contributed by atoms with Crippen LogP contribution in [0.4, 0.5) is 24.8 Å². The van der Waals surface area contributed by atoms with E-state index in [-0.39, 0.29) is 35.2 Å². The molecular weight excluding hydrogens is 499 g/mol. The van der Waals surface area contributed by atoms with Gasteiger partial charge in [-0.3, -0.25) is 14.7 Å². The van der Waals surface area contributed by atoms with E-state index in [1.54, 1.807) is 0 Å². The second-order valence-electron chi connectivity index (χ2n) is 8.77. The number of likely N-dealkylation sites (N-methyl/N-ethyl adjacent to an activating group) is 1. The number of hydrogen-bond acceptors (Lipinski definition) is 8. The van der Waals surface area contributed by atoms with Crippen molar-refractivity contribution in [3.63, 3.8) is 0 Å². The summed E-state index contributed by atoms with van der Waals surface area (Å²) < 4.78 is 46.7. The van der Waals surface area contributed by atoms with Gasteiger partial charge < -0.3 is 20.7 Å². The van der Waals surface area contributed by atoms with Crippen LogP contribution in [-0.2, 0) is 12.7 Å². The lowest BCUT2D eigenvalue weighted by Crippen LogP contribution is -2.44. The molecule has 0 radical (unpaired) electrons. The Bertz CT molecular complexity index is 1380. The summed E-state index contributed by atoms with van der Waals surface area (Å²) in [5.74, 6) is 5.29. The number of nitrogens with two attached hydrogens (primary N) is 1. The molecule has 1 aliphatic rings. The Morgan fingerprint density at radius 2 is 1.89 bits per heavy atom. The van der Waals surface area contributed by atoms with Crippen molar-refractivity contribution < 1.29 is 22.7 Å². The summed E-state index contributed by atoms with van der Waals surface area (Å²) in [5.41, 5.74) is 5.88. The number of carbonyl (C=O) groups is 1. The SMILES string of the molecule is COc1nc(N)ncc1C#Cc1cncc(C(=O)Nc2ccc(CN3CCN(C)CC3)c(C(F)(F)F)c2)c1. The molecule has 198 valence electrons. The summed E-state index contributed by atoms with van der Waals surface area (Å²) in [5, 5.41) is 2.53. The number of hydrogen-bond donors (Lipinski definition) is 2. The zero-order valence-electron chi connectivity index (χ0n) is 20.8. The van der Waals surface area contributed by atoms with Gasteiger partial charge in [-0.2, -0.15) is 18.2 Å². The number of ether oxygens (including phenoxy) is 1. The quantitative estimate of drug-likeness (QED) is 0.490. The lowest BCUT2D eigenvalue weighted by atomic mass is 10.0. The average molecular weight is 526 g/mol. The average Bonchev–Trinajstić information content (AvgIpc) is 2.89. The number of rotatable bonds is 5. The molecule has 0 atom stereocenters. The molecular formula is C26H26F3N7O2. The number of halogens is 3. The Hall–Kier alpha value is -4.21. The molecule has 1 saturated heterocycles. The predicted octanol–water partition coefficient (Wildman–Crippen LogP) is 2.88. The highest BCUT2D eigenvalue weighted by atomic mass is 19.4. The Balaban J connectivity index is 1.51. The van der Waals surface area contributed by atoms with E-state index in [1.165, 1.54) is 43.9 Å². The van der Waals surface area contributed by atoms with E-state index in [1.807, 2.05) is 11.9 Å². The van der Waals surface area contributed by atoms with Gasteiger partial charge in [0, 0.05) is 56.4 Å². The van der Waals surface area contributed by atoms with Crippen molar-refractivity contribution in [3.05, 3.63) is 70.7 Å². The maximum atomic E-state index is 13.9. The lowest BCUT2D eigenvalue weighted by molar-refractivity contribution is -0.138. The number of nitrogens with zero attached hydrogens (tertiary/aromatic N) is 5. The minimum Gasteiger partial charge on any atom is -0.480 e. The van der Waals surface area contributed by atoms with Crippen LogP contribution < -0.4 is 15.8 Å². The summed E-state index contributed by atoms with van der Waals surface area (Å²) in [6, 6.07) is 5.34. The Kier molecular flexibility index (Phi) is 8.09. The van der Waals surface area contributed by atoms with Crippen LogP contribution >= 0.6 is 0 Å². The van der Waals surface area contributed by atoms with Crippen molar-refractivity contribution in [3.8, 4) is 17.7 Å². The number of pyridine rings is 1. The van der Waals surface area contributed by atoms with E-state index in [0.717, 1.165) is 19.2 Å². The molecule has 9 nitrogen and oxygen atoms in total. The van der Waals surface area contributed by atoms with E-state index >= 15 is 0 Å². The van der Waals surface area contributed by atoms with Gasteiger partial charge >= 0.3 is 6.18 Å². The largest absolute Gasteiger partial charge is 0.480 e. The zero-order chi connectivity index (χ0) is 27.3. The Morgan fingerprint density at radius 3 is 2.61 bits per heavy atom. The van der Waals surface area contributed by atoms with Crippen LogP contribution in [0.15, 0.2) is 42.9 Å². The van der Waals surface area contributed by atoms with Gasteiger partial charge in [0.1, 0.15) is 5.56 Å². The number of anilines is 2. The fourth-order valence-electron chi connectivity index (χ4n) is 3.90. The fourth-order valence-corrected chi connectivity index (χ4v) is 3.90. The summed E-state index contributed by atoms with van der Waals surface area (Å²) in [7, 11) is 3.41. The van der Waals surface area contributed by atoms with Crippen LogP contribution in [-0.4, -0.2) is 71.0 Å². The molecule has 4 rings (SSSR count). The third-order valence-corrected chi connectivity index (χ3v) is 5.97. The first-order valence-electron chi connectivity index (χ1n) is 11.7. The molecule has 12 heteroatoms. The zero-order valence-corrected chi connectivity index (χ0v) is 20.8. The van der Waals surface area contributed by atoms with Crippen LogP contribution in [0.2, 0.25) is 0 Å². The van der Waals surface area contributed by atoms with E-state index < -0.39 is 17.6 Å². The van der Waals surface area contributed by atoms with E-state index in [0.29, 0.717) is 24.2 Å². The molecule has 0 saturated carbocycles. The highest BCUT2D eigenvalue weighted by Crippen LogP contribution is 2.34. The molecule has 0 spiro atoms. The summed E-state index contributed by atoms with van der Waals surface area (Å²) in [4.78, 5) is 28.8. The molecule has 1 aliphatic heterocycles. The molecule has 3 N–H and O–H groups in total. The van der Waals surface area contributed by atoms with Gasteiger partial charge in [-0.25, -0.2) is 4.98 Å². The third kappa shape index (κ3) is 6.76. The summed E-state index contributed by atoms with van der Waals surface area (Å²) in [6.07, 6.45) is -0.403. The maximum absolute atomic E-state index is 13.9. The van der Waals surface area contributed by atoms with E-state index in [2.05, 4.69) is 37.0 Å². The van der Waals surface area contributed by atoms with Gasteiger partial charge in [0.2, 0.25) is 11.8 Å². The molecule has 2 aromatic heterocycles. The van der Waals surface area contributed by atoms with Crippen LogP contribution in [0, 0.1) is 11.8 Å². The van der Waals surface area contributed by atoms with Crippen molar-refractivity contribution >= 4 is 17.5 Å². The number of nitrogens with one attached hydrogen (secondary N) is 1. The van der Waals surface area contributed by atoms with Crippen LogP contribution in [0.25, 0.3) is 0 Å². The molecule has 1 aromatic carbocycles. The number of aromatic nitrogens is 3. The van der Waals surface area contributed by atoms with Crippen molar-refractivity contribution in [2.24, 2.45) is 0 Å². The van der Waals surface area contributed by atoms with Crippen LogP contribution in [0.1, 0.15) is 32.6 Å². The van der Waals surface area contributed by atoms with Crippen molar-refractivity contribution in [1.29, 1.82) is 0 Å². The molecule has 3 heterocycles. The minimum atomic E-state index is -4.56. The number of carbonyl (C=O) groups excluding carboxylic acids is 1. The second-order valence-corrected chi connectivity index (χ2v) is 8.77. The maximum Gasteiger partial charge on any atom is 0.416 e. The number of amides is 1. The Labute approximate surface area is 217 Å².